The van der Waals surface area contributed by atoms with Crippen molar-refractivity contribution in [1.82, 2.24) is 0 Å². The number of fused-ring (bicyclic) bond motifs is 1. The third-order valence-corrected chi connectivity index (χ3v) is 6.75. The minimum atomic E-state index is -1.15. The fourth-order valence-corrected chi connectivity index (χ4v) is 5.12. The molecule has 1 aliphatic heterocycles. The van der Waals surface area contributed by atoms with Crippen molar-refractivity contribution in [2.75, 3.05) is 35.0 Å². The molecule has 0 fully saturated rings. The van der Waals surface area contributed by atoms with Gasteiger partial charge in [0.1, 0.15) is 40.1 Å². The molecule has 0 aliphatic carbocycles. The van der Waals surface area contributed by atoms with Crippen LogP contribution in [0.25, 0.3) is 0 Å². The molecular formula is C25H24O6S. The van der Waals surface area contributed by atoms with Gasteiger partial charge in [-0.3, -0.25) is 4.79 Å². The Morgan fingerprint density at radius 1 is 0.812 bits per heavy atom. The Kier molecular flexibility index (Phi) is 6.19. The number of rotatable bonds is 7. The van der Waals surface area contributed by atoms with Crippen molar-refractivity contribution in [2.24, 2.45) is 0 Å². The first-order chi connectivity index (χ1) is 15.6. The number of ether oxygens (including phenoxy) is 5. The number of methoxy groups -OCH3 is 4. The van der Waals surface area contributed by atoms with E-state index in [1.54, 1.807) is 58.8 Å². The molecule has 3 aromatic rings. The fourth-order valence-electron chi connectivity index (χ4n) is 3.81. The zero-order valence-corrected chi connectivity index (χ0v) is 19.2. The second-order valence-electron chi connectivity index (χ2n) is 7.13. The molecular weight excluding hydrogens is 428 g/mol. The van der Waals surface area contributed by atoms with E-state index in [1.807, 2.05) is 30.3 Å². The van der Waals surface area contributed by atoms with Crippen LogP contribution in [-0.4, -0.2) is 40.8 Å². The molecule has 0 spiro atoms. The summed E-state index contributed by atoms with van der Waals surface area (Å²) in [6.45, 7) is 0.0879. The molecule has 0 radical (unpaired) electrons. The van der Waals surface area contributed by atoms with Crippen LogP contribution in [0.1, 0.15) is 15.9 Å². The number of carbonyl (C=O) groups excluding carboxylic acids is 1. The predicted octanol–water partition coefficient (Wildman–Crippen LogP) is 4.98. The van der Waals surface area contributed by atoms with E-state index >= 15 is 0 Å². The van der Waals surface area contributed by atoms with Gasteiger partial charge in [-0.2, -0.15) is 0 Å². The maximum absolute atomic E-state index is 14.1. The Morgan fingerprint density at radius 3 is 2.06 bits per heavy atom. The van der Waals surface area contributed by atoms with E-state index in [9.17, 15) is 4.79 Å². The van der Waals surface area contributed by atoms with E-state index in [-0.39, 0.29) is 12.4 Å². The number of hydrogen-bond donors (Lipinski definition) is 0. The first-order valence-electron chi connectivity index (χ1n) is 9.96. The van der Waals surface area contributed by atoms with Gasteiger partial charge in [-0.05, 0) is 24.3 Å². The van der Waals surface area contributed by atoms with Gasteiger partial charge in [-0.1, -0.05) is 18.2 Å². The lowest BCUT2D eigenvalue weighted by molar-refractivity contribution is 0.0862. The smallest absolute Gasteiger partial charge is 0.191 e. The minimum absolute atomic E-state index is 0.0879. The molecule has 0 N–H and O–H groups in total. The molecule has 1 unspecified atom stereocenters. The molecule has 1 heterocycles. The summed E-state index contributed by atoms with van der Waals surface area (Å²) in [4.78, 5) is 15.1. The van der Waals surface area contributed by atoms with E-state index in [0.717, 1.165) is 4.90 Å². The van der Waals surface area contributed by atoms with E-state index in [0.29, 0.717) is 39.9 Å². The van der Waals surface area contributed by atoms with Crippen LogP contribution in [0, 0.1) is 0 Å². The van der Waals surface area contributed by atoms with Gasteiger partial charge in [-0.15, -0.1) is 11.8 Å². The fraction of sp³-hybridized carbons (Fsp3) is 0.240. The predicted molar refractivity (Wildman–Crippen MR) is 123 cm³/mol. The van der Waals surface area contributed by atoms with Crippen LogP contribution < -0.4 is 23.7 Å². The van der Waals surface area contributed by atoms with Crippen LogP contribution in [0.15, 0.2) is 65.6 Å². The highest BCUT2D eigenvalue weighted by atomic mass is 32.2. The molecule has 1 aliphatic rings. The summed E-state index contributed by atoms with van der Waals surface area (Å²) in [6, 6.07) is 18.5. The van der Waals surface area contributed by atoms with Crippen molar-refractivity contribution in [3.8, 4) is 28.7 Å². The quantitative estimate of drug-likeness (QED) is 0.501. The van der Waals surface area contributed by atoms with Crippen LogP contribution in [0.4, 0.5) is 0 Å². The van der Waals surface area contributed by atoms with Crippen LogP contribution in [0.3, 0.4) is 0 Å². The third-order valence-electron chi connectivity index (χ3n) is 5.39. The monoisotopic (exact) mass is 452 g/mol. The molecule has 32 heavy (non-hydrogen) atoms. The summed E-state index contributed by atoms with van der Waals surface area (Å²) in [6.07, 6.45) is 0. The lowest BCUT2D eigenvalue weighted by atomic mass is 9.86. The Labute approximate surface area is 191 Å². The van der Waals surface area contributed by atoms with Gasteiger partial charge < -0.3 is 23.7 Å². The Balaban J connectivity index is 1.96. The van der Waals surface area contributed by atoms with E-state index in [4.69, 9.17) is 23.7 Å². The number of ketones is 1. The summed E-state index contributed by atoms with van der Waals surface area (Å²) in [5, 5.41) is 0. The van der Waals surface area contributed by atoms with Crippen molar-refractivity contribution in [2.45, 2.75) is 9.64 Å². The van der Waals surface area contributed by atoms with E-state index in [2.05, 4.69) is 0 Å². The Bertz CT molecular complexity index is 1110. The number of thioether (sulfide) groups is 1. The molecule has 1 atom stereocenters. The number of carbonyl (C=O) groups is 1. The van der Waals surface area contributed by atoms with Gasteiger partial charge in [-0.25, -0.2) is 0 Å². The highest BCUT2D eigenvalue weighted by molar-refractivity contribution is 8.01. The average Bonchev–Trinajstić information content (AvgIpc) is 2.85. The molecule has 7 heteroatoms. The number of hydrogen-bond acceptors (Lipinski definition) is 7. The minimum Gasteiger partial charge on any atom is -0.497 e. The molecule has 0 amide bonds. The van der Waals surface area contributed by atoms with Gasteiger partial charge in [0.15, 0.2) is 5.78 Å². The molecule has 0 saturated carbocycles. The summed E-state index contributed by atoms with van der Waals surface area (Å²) in [5.41, 5.74) is 1.07. The second kappa shape index (κ2) is 9.04. The van der Waals surface area contributed by atoms with Crippen molar-refractivity contribution >= 4 is 17.5 Å². The van der Waals surface area contributed by atoms with Crippen molar-refractivity contribution < 1.29 is 28.5 Å². The molecule has 3 aromatic carbocycles. The SMILES string of the molecule is COc1ccc2c(c1)OCC(Sc1ccccc1)(c1c(OC)cc(OC)cc1OC)C2=O. The molecule has 166 valence electrons. The lowest BCUT2D eigenvalue weighted by Crippen LogP contribution is -2.42. The van der Waals surface area contributed by atoms with Gasteiger partial charge >= 0.3 is 0 Å². The third kappa shape index (κ3) is 3.73. The number of Topliss-reactive ketones (excluding diaryl/α,β-unsaturated/α-hetero) is 1. The topological polar surface area (TPSA) is 63.2 Å². The van der Waals surface area contributed by atoms with Gasteiger partial charge in [0.2, 0.25) is 0 Å². The van der Waals surface area contributed by atoms with Crippen molar-refractivity contribution in [3.05, 3.63) is 71.8 Å². The van der Waals surface area contributed by atoms with Crippen molar-refractivity contribution in [3.63, 3.8) is 0 Å². The Morgan fingerprint density at radius 2 is 1.47 bits per heavy atom. The normalized spacial score (nSPS) is 17.2. The van der Waals surface area contributed by atoms with Crippen LogP contribution >= 0.6 is 11.8 Å². The summed E-state index contributed by atoms with van der Waals surface area (Å²) >= 11 is 1.41. The lowest BCUT2D eigenvalue weighted by Gasteiger charge is -2.38. The molecule has 4 rings (SSSR count). The molecule has 6 nitrogen and oxygen atoms in total. The molecule has 0 bridgehead atoms. The van der Waals surface area contributed by atoms with Gasteiger partial charge in [0, 0.05) is 23.1 Å². The van der Waals surface area contributed by atoms with Gasteiger partial charge in [0.25, 0.3) is 0 Å². The summed E-state index contributed by atoms with van der Waals surface area (Å²) in [5.74, 6) is 2.55. The highest BCUT2D eigenvalue weighted by Gasteiger charge is 2.50. The van der Waals surface area contributed by atoms with Gasteiger partial charge in [0.05, 0.1) is 39.6 Å². The first kappa shape index (κ1) is 21.9. The maximum atomic E-state index is 14.1. The van der Waals surface area contributed by atoms with Crippen LogP contribution in [0.5, 0.6) is 28.7 Å². The highest BCUT2D eigenvalue weighted by Crippen LogP contribution is 2.54. The second-order valence-corrected chi connectivity index (χ2v) is 8.50. The van der Waals surface area contributed by atoms with Crippen LogP contribution in [-0.2, 0) is 4.75 Å². The van der Waals surface area contributed by atoms with Crippen molar-refractivity contribution in [1.29, 1.82) is 0 Å². The van der Waals surface area contributed by atoms with E-state index in [1.165, 1.54) is 11.8 Å². The standard InChI is InChI=1S/C25H24O6S/c1-27-16-10-11-19-20(12-16)31-15-25(24(19)26,32-18-8-6-5-7-9-18)23-21(29-3)13-17(28-2)14-22(23)30-4/h5-14H,15H2,1-4H3. The molecule has 0 saturated heterocycles. The largest absolute Gasteiger partial charge is 0.497 e. The summed E-state index contributed by atoms with van der Waals surface area (Å²) < 4.78 is 27.2. The summed E-state index contributed by atoms with van der Waals surface area (Å²) in [7, 11) is 6.27. The average molecular weight is 453 g/mol. The van der Waals surface area contributed by atoms with Crippen LogP contribution in [0.2, 0.25) is 0 Å². The zero-order valence-electron chi connectivity index (χ0n) is 18.3. The molecule has 0 aromatic heterocycles. The first-order valence-corrected chi connectivity index (χ1v) is 10.8. The maximum Gasteiger partial charge on any atom is 0.191 e. The Hall–Kier alpha value is -3.32. The number of benzene rings is 3. The van der Waals surface area contributed by atoms with E-state index < -0.39 is 4.75 Å². The zero-order chi connectivity index (χ0) is 22.7.